The van der Waals surface area contributed by atoms with Crippen molar-refractivity contribution in [2.75, 3.05) is 20.7 Å². The molecule has 0 fully saturated rings. The minimum atomic E-state index is -0.259. The van der Waals surface area contributed by atoms with Crippen LogP contribution in [0.4, 0.5) is 0 Å². The van der Waals surface area contributed by atoms with Crippen molar-refractivity contribution in [2.45, 2.75) is 12.8 Å². The maximum Gasteiger partial charge on any atom is 0.305 e. The lowest BCUT2D eigenvalue weighted by Gasteiger charge is -2.15. The van der Waals surface area contributed by atoms with Crippen LogP contribution in [0.15, 0.2) is 12.1 Å². The topological polar surface area (TPSA) is 46.6 Å². The number of ether oxygens (including phenoxy) is 1. The van der Waals surface area contributed by atoms with Gasteiger partial charge in [0, 0.05) is 20.0 Å². The highest BCUT2D eigenvalue weighted by Gasteiger charge is 2.14. The molecule has 94 valence electrons. The summed E-state index contributed by atoms with van der Waals surface area (Å²) in [6.07, 6.45) is 0.910. The Morgan fingerprint density at radius 3 is 2.71 bits per heavy atom. The second-order valence-electron chi connectivity index (χ2n) is 3.51. The molecule has 0 unspecified atom stereocenters. The first-order valence-electron chi connectivity index (χ1n) is 5.12. The van der Waals surface area contributed by atoms with E-state index >= 15 is 0 Å². The van der Waals surface area contributed by atoms with E-state index in [0.29, 0.717) is 28.6 Å². The molecule has 1 aromatic heterocycles. The fraction of sp³-hybridized carbons (Fsp3) is 0.455. The molecule has 1 amide bonds. The molecule has 0 saturated carbocycles. The van der Waals surface area contributed by atoms with Crippen molar-refractivity contribution in [3.63, 3.8) is 0 Å². The molecule has 4 nitrogen and oxygen atoms in total. The summed E-state index contributed by atoms with van der Waals surface area (Å²) in [5.41, 5.74) is 0. The number of carbonyl (C=O) groups is 2. The summed E-state index contributed by atoms with van der Waals surface area (Å²) >= 11 is 7.01. The van der Waals surface area contributed by atoms with Gasteiger partial charge in [0.1, 0.15) is 0 Å². The van der Waals surface area contributed by atoms with E-state index in [1.54, 1.807) is 24.1 Å². The number of halogens is 1. The van der Waals surface area contributed by atoms with E-state index in [1.165, 1.54) is 18.4 Å². The molecule has 0 N–H and O–H groups in total. The average Bonchev–Trinajstić information content (AvgIpc) is 2.74. The number of nitrogens with zero attached hydrogens (tertiary/aromatic N) is 1. The normalized spacial score (nSPS) is 10.1. The summed E-state index contributed by atoms with van der Waals surface area (Å²) in [7, 11) is 3.05. The van der Waals surface area contributed by atoms with Crippen molar-refractivity contribution >= 4 is 34.8 Å². The zero-order valence-corrected chi connectivity index (χ0v) is 11.3. The number of methoxy groups -OCH3 is 1. The largest absolute Gasteiger partial charge is 0.469 e. The highest BCUT2D eigenvalue weighted by Crippen LogP contribution is 2.22. The van der Waals surface area contributed by atoms with Gasteiger partial charge in [-0.05, 0) is 18.6 Å². The van der Waals surface area contributed by atoms with Crippen molar-refractivity contribution < 1.29 is 14.3 Å². The Labute approximate surface area is 109 Å². The van der Waals surface area contributed by atoms with Gasteiger partial charge in [-0.15, -0.1) is 11.3 Å². The molecule has 1 heterocycles. The van der Waals surface area contributed by atoms with Gasteiger partial charge < -0.3 is 9.64 Å². The van der Waals surface area contributed by atoms with E-state index in [1.807, 2.05) is 0 Å². The predicted molar refractivity (Wildman–Crippen MR) is 67.5 cm³/mol. The van der Waals surface area contributed by atoms with Crippen molar-refractivity contribution in [1.29, 1.82) is 0 Å². The number of hydrogen-bond donors (Lipinski definition) is 0. The molecule has 0 saturated heterocycles. The van der Waals surface area contributed by atoms with Crippen LogP contribution in [-0.4, -0.2) is 37.5 Å². The fourth-order valence-corrected chi connectivity index (χ4v) is 2.32. The SMILES string of the molecule is COC(=O)CCCN(C)C(=O)c1ccc(Cl)s1. The van der Waals surface area contributed by atoms with Crippen molar-refractivity contribution in [3.8, 4) is 0 Å². The second kappa shape index (κ2) is 6.61. The molecule has 17 heavy (non-hydrogen) atoms. The minimum absolute atomic E-state index is 0.0771. The van der Waals surface area contributed by atoms with Crippen LogP contribution >= 0.6 is 22.9 Å². The summed E-state index contributed by atoms with van der Waals surface area (Å²) in [6, 6.07) is 3.40. The first-order valence-corrected chi connectivity index (χ1v) is 6.31. The molecular formula is C11H14ClNO3S. The van der Waals surface area contributed by atoms with Gasteiger partial charge in [0.05, 0.1) is 16.3 Å². The molecule has 1 rings (SSSR count). The molecule has 0 aromatic carbocycles. The molecule has 1 aromatic rings. The number of carbonyl (C=O) groups excluding carboxylic acids is 2. The summed E-state index contributed by atoms with van der Waals surface area (Å²) in [4.78, 5) is 24.9. The number of esters is 1. The van der Waals surface area contributed by atoms with Crippen LogP contribution in [0, 0.1) is 0 Å². The van der Waals surface area contributed by atoms with Crippen LogP contribution in [0.2, 0.25) is 4.34 Å². The van der Waals surface area contributed by atoms with Crippen LogP contribution in [-0.2, 0) is 9.53 Å². The van der Waals surface area contributed by atoms with E-state index in [-0.39, 0.29) is 11.9 Å². The van der Waals surface area contributed by atoms with Gasteiger partial charge >= 0.3 is 5.97 Å². The molecular weight excluding hydrogens is 262 g/mol. The summed E-state index contributed by atoms with van der Waals surface area (Å²) in [5, 5.41) is 0. The van der Waals surface area contributed by atoms with E-state index < -0.39 is 0 Å². The van der Waals surface area contributed by atoms with Crippen molar-refractivity contribution in [2.24, 2.45) is 0 Å². The smallest absolute Gasteiger partial charge is 0.305 e. The number of thiophene rings is 1. The van der Waals surface area contributed by atoms with Crippen molar-refractivity contribution in [1.82, 2.24) is 4.90 Å². The van der Waals surface area contributed by atoms with E-state index in [9.17, 15) is 9.59 Å². The Morgan fingerprint density at radius 1 is 1.47 bits per heavy atom. The molecule has 0 aliphatic heterocycles. The van der Waals surface area contributed by atoms with Gasteiger partial charge in [-0.25, -0.2) is 0 Å². The first kappa shape index (κ1) is 14.0. The highest BCUT2D eigenvalue weighted by atomic mass is 35.5. The Kier molecular flexibility index (Phi) is 5.44. The second-order valence-corrected chi connectivity index (χ2v) is 5.23. The Balaban J connectivity index is 2.40. The summed E-state index contributed by atoms with van der Waals surface area (Å²) in [5.74, 6) is -0.336. The lowest BCUT2D eigenvalue weighted by atomic mass is 10.3. The molecule has 6 heteroatoms. The van der Waals surface area contributed by atoms with Gasteiger partial charge in [-0.1, -0.05) is 11.6 Å². The Bertz CT molecular complexity index is 405. The van der Waals surface area contributed by atoms with Gasteiger partial charge in [0.2, 0.25) is 0 Å². The molecule has 0 radical (unpaired) electrons. The van der Waals surface area contributed by atoms with Crippen LogP contribution in [0.1, 0.15) is 22.5 Å². The summed E-state index contributed by atoms with van der Waals surface area (Å²) < 4.78 is 5.12. The Hall–Kier alpha value is -1.07. The zero-order chi connectivity index (χ0) is 12.8. The molecule has 0 aliphatic carbocycles. The fourth-order valence-electron chi connectivity index (χ4n) is 1.28. The van der Waals surface area contributed by atoms with Crippen LogP contribution < -0.4 is 0 Å². The minimum Gasteiger partial charge on any atom is -0.469 e. The van der Waals surface area contributed by atoms with E-state index in [0.717, 1.165) is 0 Å². The maximum absolute atomic E-state index is 11.9. The maximum atomic E-state index is 11.9. The number of amides is 1. The molecule has 0 aliphatic rings. The standard InChI is InChI=1S/C11H14ClNO3S/c1-13(7-3-4-10(14)16-2)11(15)8-5-6-9(12)17-8/h5-6H,3-4,7H2,1-2H3. The van der Waals surface area contributed by atoms with Gasteiger partial charge in [-0.3, -0.25) is 9.59 Å². The summed E-state index contributed by atoms with van der Waals surface area (Å²) in [6.45, 7) is 0.517. The van der Waals surface area contributed by atoms with Crippen LogP contribution in [0.5, 0.6) is 0 Å². The van der Waals surface area contributed by atoms with Crippen LogP contribution in [0.3, 0.4) is 0 Å². The van der Waals surface area contributed by atoms with Crippen molar-refractivity contribution in [3.05, 3.63) is 21.3 Å². The lowest BCUT2D eigenvalue weighted by Crippen LogP contribution is -2.27. The lowest BCUT2D eigenvalue weighted by molar-refractivity contribution is -0.140. The Morgan fingerprint density at radius 2 is 2.18 bits per heavy atom. The van der Waals surface area contributed by atoms with Gasteiger partial charge in [-0.2, -0.15) is 0 Å². The third-order valence-electron chi connectivity index (χ3n) is 2.23. The number of rotatable bonds is 5. The third-order valence-corrected chi connectivity index (χ3v) is 3.45. The quantitative estimate of drug-likeness (QED) is 0.776. The molecule has 0 spiro atoms. The monoisotopic (exact) mass is 275 g/mol. The zero-order valence-electron chi connectivity index (χ0n) is 9.73. The van der Waals surface area contributed by atoms with Gasteiger partial charge in [0.15, 0.2) is 0 Å². The number of hydrogen-bond acceptors (Lipinski definition) is 4. The van der Waals surface area contributed by atoms with E-state index in [4.69, 9.17) is 11.6 Å². The average molecular weight is 276 g/mol. The molecule has 0 bridgehead atoms. The van der Waals surface area contributed by atoms with Gasteiger partial charge in [0.25, 0.3) is 5.91 Å². The van der Waals surface area contributed by atoms with Crippen LogP contribution in [0.25, 0.3) is 0 Å². The first-order chi connectivity index (χ1) is 8.04. The molecule has 0 atom stereocenters. The highest BCUT2D eigenvalue weighted by molar-refractivity contribution is 7.17. The predicted octanol–water partition coefficient (Wildman–Crippen LogP) is 2.43. The third kappa shape index (κ3) is 4.36. The van der Waals surface area contributed by atoms with E-state index in [2.05, 4.69) is 4.74 Å².